The van der Waals surface area contributed by atoms with E-state index in [0.717, 1.165) is 11.1 Å². The number of nitrogens with one attached hydrogen (secondary N) is 1. The molecule has 1 aromatic heterocycles. The highest BCUT2D eigenvalue weighted by atomic mass is 35.5. The zero-order valence-electron chi connectivity index (χ0n) is 11.6. The van der Waals surface area contributed by atoms with Crippen LogP contribution in [0.25, 0.3) is 0 Å². The first-order valence-electron chi connectivity index (χ1n) is 6.40. The van der Waals surface area contributed by atoms with E-state index in [-0.39, 0.29) is 5.91 Å². The first kappa shape index (κ1) is 14.0. The van der Waals surface area contributed by atoms with E-state index in [4.69, 9.17) is 16.4 Å². The maximum Gasteiger partial charge on any atom is 0.255 e. The maximum atomic E-state index is 12.3. The van der Waals surface area contributed by atoms with E-state index in [1.165, 1.54) is 0 Å². The van der Waals surface area contributed by atoms with Gasteiger partial charge in [0.1, 0.15) is 0 Å². The highest BCUT2D eigenvalue weighted by Crippen LogP contribution is 2.39. The molecule has 0 fully saturated rings. The van der Waals surface area contributed by atoms with E-state index in [1.807, 2.05) is 24.3 Å². The Morgan fingerprint density at radius 3 is 2.90 bits per heavy atom. The highest BCUT2D eigenvalue weighted by Gasteiger charge is 2.48. The van der Waals surface area contributed by atoms with Crippen LogP contribution in [0, 0.1) is 0 Å². The van der Waals surface area contributed by atoms with E-state index < -0.39 is 5.66 Å². The van der Waals surface area contributed by atoms with Crippen LogP contribution in [0.1, 0.15) is 21.5 Å². The summed E-state index contributed by atoms with van der Waals surface area (Å²) in [6.07, 6.45) is 3.21. The Hall–Kier alpha value is -1.95. The first-order valence-corrected chi connectivity index (χ1v) is 6.78. The molecule has 0 saturated heterocycles. The fourth-order valence-corrected chi connectivity index (χ4v) is 2.89. The highest BCUT2D eigenvalue weighted by molar-refractivity contribution is 6.30. The third kappa shape index (κ3) is 2.01. The topological polar surface area (TPSA) is 54.5 Å². The largest absolute Gasteiger partial charge is 0.324 e. The third-order valence-corrected chi connectivity index (χ3v) is 3.97. The summed E-state index contributed by atoms with van der Waals surface area (Å²) in [5.41, 5.74) is 1.21. The lowest BCUT2D eigenvalue weighted by Gasteiger charge is -2.37. The molecular formula is C15H14ClN3O2. The van der Waals surface area contributed by atoms with Crippen molar-refractivity contribution in [2.24, 2.45) is 0 Å². The average molecular weight is 304 g/mol. The van der Waals surface area contributed by atoms with Crippen LogP contribution < -0.4 is 5.32 Å². The molecule has 1 unspecified atom stereocenters. The van der Waals surface area contributed by atoms with E-state index in [0.29, 0.717) is 10.6 Å². The smallest absolute Gasteiger partial charge is 0.255 e. The lowest BCUT2D eigenvalue weighted by atomic mass is 9.92. The molecule has 1 amide bonds. The molecule has 2 heterocycles. The second-order valence-corrected chi connectivity index (χ2v) is 5.21. The van der Waals surface area contributed by atoms with Crippen molar-refractivity contribution in [3.8, 4) is 0 Å². The predicted octanol–water partition coefficient (Wildman–Crippen LogP) is 2.17. The second kappa shape index (κ2) is 5.11. The molecule has 21 heavy (non-hydrogen) atoms. The van der Waals surface area contributed by atoms with Crippen LogP contribution in [0.2, 0.25) is 5.02 Å². The molecule has 1 aliphatic rings. The SMILES string of the molecule is CON(C)C1(c2cccc(Cl)c2)NC(=O)c2cnccc21. The van der Waals surface area contributed by atoms with Gasteiger partial charge in [-0.2, -0.15) is 5.06 Å². The number of rotatable bonds is 3. The molecule has 5 nitrogen and oxygen atoms in total. The second-order valence-electron chi connectivity index (χ2n) is 4.78. The number of benzene rings is 1. The molecule has 1 atom stereocenters. The minimum absolute atomic E-state index is 0.193. The molecule has 0 bridgehead atoms. The molecule has 108 valence electrons. The van der Waals surface area contributed by atoms with Crippen LogP contribution in [-0.4, -0.2) is 30.1 Å². The van der Waals surface area contributed by atoms with Crippen LogP contribution in [0.3, 0.4) is 0 Å². The Balaban J connectivity index is 2.28. The van der Waals surface area contributed by atoms with Gasteiger partial charge in [-0.25, -0.2) is 0 Å². The van der Waals surface area contributed by atoms with Crippen molar-refractivity contribution in [1.29, 1.82) is 0 Å². The first-order chi connectivity index (χ1) is 10.1. The number of halogens is 1. The van der Waals surface area contributed by atoms with Gasteiger partial charge in [-0.05, 0) is 18.2 Å². The minimum Gasteiger partial charge on any atom is -0.324 e. The van der Waals surface area contributed by atoms with Gasteiger partial charge in [0.25, 0.3) is 5.91 Å². The number of hydroxylamine groups is 2. The van der Waals surface area contributed by atoms with Gasteiger partial charge in [0.05, 0.1) is 12.7 Å². The van der Waals surface area contributed by atoms with Gasteiger partial charge in [-0.15, -0.1) is 0 Å². The van der Waals surface area contributed by atoms with Gasteiger partial charge >= 0.3 is 0 Å². The van der Waals surface area contributed by atoms with Gasteiger partial charge < -0.3 is 5.32 Å². The summed E-state index contributed by atoms with van der Waals surface area (Å²) in [6, 6.07) is 9.15. The number of hydrogen-bond donors (Lipinski definition) is 1. The Kier molecular flexibility index (Phi) is 3.41. The van der Waals surface area contributed by atoms with Crippen LogP contribution in [0.15, 0.2) is 42.7 Å². The molecule has 0 radical (unpaired) electrons. The van der Waals surface area contributed by atoms with Gasteiger partial charge in [0.2, 0.25) is 0 Å². The van der Waals surface area contributed by atoms with Crippen molar-refractivity contribution in [1.82, 2.24) is 15.4 Å². The normalized spacial score (nSPS) is 20.5. The summed E-state index contributed by atoms with van der Waals surface area (Å²) < 4.78 is 0. The number of carbonyl (C=O) groups excluding carboxylic acids is 1. The van der Waals surface area contributed by atoms with Crippen LogP contribution in [0.4, 0.5) is 0 Å². The minimum atomic E-state index is -0.922. The fraction of sp³-hybridized carbons (Fsp3) is 0.200. The average Bonchev–Trinajstić information content (AvgIpc) is 2.81. The molecule has 6 heteroatoms. The van der Waals surface area contributed by atoms with Gasteiger partial charge in [0, 0.05) is 35.6 Å². The van der Waals surface area contributed by atoms with E-state index in [2.05, 4.69) is 10.3 Å². The van der Waals surface area contributed by atoms with Crippen molar-refractivity contribution < 1.29 is 9.63 Å². The molecule has 1 aliphatic heterocycles. The summed E-state index contributed by atoms with van der Waals surface area (Å²) in [5, 5.41) is 5.18. The van der Waals surface area contributed by atoms with Gasteiger partial charge in [0.15, 0.2) is 5.66 Å². The van der Waals surface area contributed by atoms with Crippen molar-refractivity contribution in [2.45, 2.75) is 5.66 Å². The quantitative estimate of drug-likeness (QED) is 0.883. The summed E-state index contributed by atoms with van der Waals surface area (Å²) in [4.78, 5) is 21.7. The van der Waals surface area contributed by atoms with Crippen molar-refractivity contribution in [2.75, 3.05) is 14.2 Å². The molecule has 3 rings (SSSR count). The lowest BCUT2D eigenvalue weighted by Crippen LogP contribution is -2.52. The van der Waals surface area contributed by atoms with Crippen molar-refractivity contribution in [3.63, 3.8) is 0 Å². The summed E-state index contributed by atoms with van der Waals surface area (Å²) in [6.45, 7) is 0. The van der Waals surface area contributed by atoms with Crippen molar-refractivity contribution in [3.05, 3.63) is 64.4 Å². The fourth-order valence-electron chi connectivity index (χ4n) is 2.70. The zero-order chi connectivity index (χ0) is 15.0. The standard InChI is InChI=1S/C15H14ClN3O2/c1-19(21-2)15(10-4-3-5-11(16)8-10)13-6-7-17-9-12(13)14(20)18-15/h3-9H,1-2H3,(H,18,20). The zero-order valence-corrected chi connectivity index (χ0v) is 12.4. The van der Waals surface area contributed by atoms with Crippen LogP contribution >= 0.6 is 11.6 Å². The van der Waals surface area contributed by atoms with Crippen LogP contribution in [0.5, 0.6) is 0 Å². The number of pyridine rings is 1. The Bertz CT molecular complexity index is 707. The van der Waals surface area contributed by atoms with Crippen LogP contribution in [-0.2, 0) is 10.5 Å². The third-order valence-electron chi connectivity index (χ3n) is 3.74. The summed E-state index contributed by atoms with van der Waals surface area (Å²) in [5.74, 6) is -0.193. The van der Waals surface area contributed by atoms with E-state index in [9.17, 15) is 4.79 Å². The van der Waals surface area contributed by atoms with E-state index in [1.54, 1.807) is 37.7 Å². The summed E-state index contributed by atoms with van der Waals surface area (Å²) >= 11 is 6.11. The molecular weight excluding hydrogens is 290 g/mol. The Labute approximate surface area is 127 Å². The number of hydrogen-bond acceptors (Lipinski definition) is 4. The Morgan fingerprint density at radius 2 is 2.19 bits per heavy atom. The number of aromatic nitrogens is 1. The maximum absolute atomic E-state index is 12.3. The van der Waals surface area contributed by atoms with Crippen molar-refractivity contribution >= 4 is 17.5 Å². The molecule has 2 aromatic rings. The number of nitrogens with zero attached hydrogens (tertiary/aromatic N) is 2. The van der Waals surface area contributed by atoms with Gasteiger partial charge in [-0.3, -0.25) is 14.6 Å². The molecule has 0 spiro atoms. The number of carbonyl (C=O) groups is 1. The molecule has 0 aliphatic carbocycles. The lowest BCUT2D eigenvalue weighted by molar-refractivity contribution is -0.178. The Morgan fingerprint density at radius 1 is 1.38 bits per heavy atom. The van der Waals surface area contributed by atoms with E-state index >= 15 is 0 Å². The molecule has 1 N–H and O–H groups in total. The number of fused-ring (bicyclic) bond motifs is 1. The summed E-state index contributed by atoms with van der Waals surface area (Å²) in [7, 11) is 3.31. The molecule has 1 aromatic carbocycles. The number of amides is 1. The van der Waals surface area contributed by atoms with Gasteiger partial charge in [-0.1, -0.05) is 23.7 Å². The molecule has 0 saturated carbocycles. The monoisotopic (exact) mass is 303 g/mol. The predicted molar refractivity (Wildman–Crippen MR) is 78.7 cm³/mol.